The number of carboxylic acid groups (broad SMARTS) is 2. The maximum absolute atomic E-state index is 13.3. The van der Waals surface area contributed by atoms with E-state index in [-0.39, 0.29) is 21.9 Å². The third-order valence-corrected chi connectivity index (χ3v) is 8.09. The molecule has 1 unspecified atom stereocenters. The number of carbonyl (C=O) groups excluding carboxylic acids is 2. The summed E-state index contributed by atoms with van der Waals surface area (Å²) in [7, 11) is -3.88. The Bertz CT molecular complexity index is 1760. The van der Waals surface area contributed by atoms with Crippen LogP contribution < -0.4 is 15.8 Å². The molecule has 13 heteroatoms. The third kappa shape index (κ3) is 7.40. The summed E-state index contributed by atoms with van der Waals surface area (Å²) in [6.45, 7) is 0. The summed E-state index contributed by atoms with van der Waals surface area (Å²) < 4.78 is 23.0. The lowest BCUT2D eigenvalue weighted by Gasteiger charge is -2.17. The van der Waals surface area contributed by atoms with Crippen molar-refractivity contribution in [1.29, 1.82) is 0 Å². The highest BCUT2D eigenvalue weighted by Gasteiger charge is 2.23. The molecule has 42 heavy (non-hydrogen) atoms. The zero-order valence-electron chi connectivity index (χ0n) is 21.6. The maximum Gasteiger partial charge on any atom is 0.336 e. The van der Waals surface area contributed by atoms with Crippen LogP contribution in [0.4, 0.5) is 11.4 Å². The number of carbonyl (C=O) groups is 4. The third-order valence-electron chi connectivity index (χ3n) is 5.90. The molecule has 0 heterocycles. The average molecular weight is 606 g/mol. The van der Waals surface area contributed by atoms with Crippen molar-refractivity contribution in [3.63, 3.8) is 0 Å². The van der Waals surface area contributed by atoms with E-state index in [2.05, 4.69) is 10.6 Å². The molecular weight excluding hydrogens is 582 g/mol. The zero-order chi connectivity index (χ0) is 30.4. The van der Waals surface area contributed by atoms with E-state index in [0.717, 1.165) is 18.2 Å². The SMILES string of the molecule is NS(=O)(=O)c1ccc(NC(=O)C(Sc2ccc(NC(=O)c3ccc(C(=O)O)cc3C(=O)O)cc2)c2ccccc2)cc1. The molecule has 2 amide bonds. The summed E-state index contributed by atoms with van der Waals surface area (Å²) >= 11 is 1.24. The average Bonchev–Trinajstić information content (AvgIpc) is 2.96. The first-order chi connectivity index (χ1) is 19.9. The van der Waals surface area contributed by atoms with Crippen LogP contribution in [0.1, 0.15) is 41.9 Å². The highest BCUT2D eigenvalue weighted by Crippen LogP contribution is 2.37. The van der Waals surface area contributed by atoms with Gasteiger partial charge in [-0.2, -0.15) is 0 Å². The Labute approximate surface area is 244 Å². The number of rotatable bonds is 10. The lowest BCUT2D eigenvalue weighted by Crippen LogP contribution is -2.19. The molecule has 0 aromatic heterocycles. The summed E-state index contributed by atoms with van der Waals surface area (Å²) in [6, 6.07) is 24.2. The number of nitrogens with two attached hydrogens (primary N) is 1. The van der Waals surface area contributed by atoms with E-state index in [1.807, 2.05) is 6.07 Å². The lowest BCUT2D eigenvalue weighted by atomic mass is 10.0. The van der Waals surface area contributed by atoms with E-state index >= 15 is 0 Å². The molecule has 0 aliphatic carbocycles. The predicted octanol–water partition coefficient (Wildman–Crippen LogP) is 4.45. The van der Waals surface area contributed by atoms with E-state index in [1.165, 1.54) is 36.0 Å². The Morgan fingerprint density at radius 2 is 1.31 bits per heavy atom. The molecule has 0 bridgehead atoms. The molecule has 0 fully saturated rings. The molecule has 0 saturated carbocycles. The molecule has 4 aromatic rings. The van der Waals surface area contributed by atoms with Crippen molar-refractivity contribution < 1.29 is 37.8 Å². The molecule has 1 atom stereocenters. The smallest absolute Gasteiger partial charge is 0.336 e. The van der Waals surface area contributed by atoms with Gasteiger partial charge < -0.3 is 20.8 Å². The van der Waals surface area contributed by atoms with Crippen LogP contribution in [0, 0.1) is 0 Å². The number of hydrogen-bond donors (Lipinski definition) is 5. The van der Waals surface area contributed by atoms with Gasteiger partial charge in [0.15, 0.2) is 0 Å². The van der Waals surface area contributed by atoms with Gasteiger partial charge in [-0.15, -0.1) is 11.8 Å². The Morgan fingerprint density at radius 3 is 1.88 bits per heavy atom. The minimum Gasteiger partial charge on any atom is -0.478 e. The summed E-state index contributed by atoms with van der Waals surface area (Å²) in [6.07, 6.45) is 0. The van der Waals surface area contributed by atoms with Gasteiger partial charge in [-0.1, -0.05) is 30.3 Å². The Morgan fingerprint density at radius 1 is 0.714 bits per heavy atom. The van der Waals surface area contributed by atoms with Crippen LogP contribution in [0.5, 0.6) is 0 Å². The van der Waals surface area contributed by atoms with Gasteiger partial charge in [-0.25, -0.2) is 23.1 Å². The number of carboxylic acids is 2. The Hall–Kier alpha value is -4.98. The largest absolute Gasteiger partial charge is 0.478 e. The second-order valence-electron chi connectivity index (χ2n) is 8.82. The number of primary sulfonamides is 1. The first kappa shape index (κ1) is 30.0. The fourth-order valence-electron chi connectivity index (χ4n) is 3.84. The Kier molecular flexibility index (Phi) is 9.06. The van der Waals surface area contributed by atoms with Crippen molar-refractivity contribution in [3.8, 4) is 0 Å². The van der Waals surface area contributed by atoms with Gasteiger partial charge in [0.25, 0.3) is 5.91 Å². The molecular formula is C29H23N3O8S2. The van der Waals surface area contributed by atoms with Crippen LogP contribution in [-0.4, -0.2) is 42.4 Å². The Balaban J connectivity index is 1.50. The number of hydrogen-bond acceptors (Lipinski definition) is 7. The number of benzene rings is 4. The number of aromatic carboxylic acids is 2. The summed E-state index contributed by atoms with van der Waals surface area (Å²) in [5.74, 6) is -3.86. The second kappa shape index (κ2) is 12.7. The fourth-order valence-corrected chi connectivity index (χ4v) is 5.38. The van der Waals surface area contributed by atoms with Crippen LogP contribution in [0.25, 0.3) is 0 Å². The number of anilines is 2. The van der Waals surface area contributed by atoms with E-state index in [1.54, 1.807) is 48.5 Å². The highest BCUT2D eigenvalue weighted by atomic mass is 32.2. The predicted molar refractivity (Wildman–Crippen MR) is 156 cm³/mol. The molecule has 0 aliphatic rings. The fraction of sp³-hybridized carbons (Fsp3) is 0.0345. The standard InChI is InChI=1S/C29H23N3O8S2/c30-42(39,40)22-13-9-20(10-14-22)32-27(34)25(17-4-2-1-3-5-17)41-21-11-7-19(8-12-21)31-26(33)23-15-6-18(28(35)36)16-24(23)29(37)38/h1-16,25H,(H,31,33)(H,32,34)(H,35,36)(H,37,38)(H2,30,39,40). The van der Waals surface area contributed by atoms with Gasteiger partial charge >= 0.3 is 11.9 Å². The summed E-state index contributed by atoms with van der Waals surface area (Å²) in [4.78, 5) is 49.5. The van der Waals surface area contributed by atoms with Crippen LogP contribution in [0.15, 0.2) is 107 Å². The topological polar surface area (TPSA) is 193 Å². The van der Waals surface area contributed by atoms with Crippen LogP contribution >= 0.6 is 11.8 Å². The van der Waals surface area contributed by atoms with E-state index < -0.39 is 38.7 Å². The minimum absolute atomic E-state index is 0.0851. The maximum atomic E-state index is 13.3. The van der Waals surface area contributed by atoms with Crippen molar-refractivity contribution in [2.24, 2.45) is 5.14 Å². The van der Waals surface area contributed by atoms with Crippen molar-refractivity contribution in [3.05, 3.63) is 119 Å². The highest BCUT2D eigenvalue weighted by molar-refractivity contribution is 8.00. The van der Waals surface area contributed by atoms with Gasteiger partial charge in [-0.3, -0.25) is 9.59 Å². The molecule has 11 nitrogen and oxygen atoms in total. The molecule has 6 N–H and O–H groups in total. The first-order valence-electron chi connectivity index (χ1n) is 12.1. The van der Waals surface area contributed by atoms with Crippen molar-refractivity contribution in [2.75, 3.05) is 10.6 Å². The lowest BCUT2D eigenvalue weighted by molar-refractivity contribution is -0.115. The molecule has 4 aromatic carbocycles. The molecule has 0 aliphatic heterocycles. The van der Waals surface area contributed by atoms with Gasteiger partial charge in [-0.05, 0) is 72.3 Å². The van der Waals surface area contributed by atoms with Crippen LogP contribution in [0.3, 0.4) is 0 Å². The summed E-state index contributed by atoms with van der Waals surface area (Å²) in [5.41, 5.74) is 0.523. The van der Waals surface area contributed by atoms with Crippen LogP contribution in [-0.2, 0) is 14.8 Å². The van der Waals surface area contributed by atoms with Gasteiger partial charge in [0.2, 0.25) is 15.9 Å². The van der Waals surface area contributed by atoms with Crippen molar-refractivity contribution in [2.45, 2.75) is 15.0 Å². The number of thioether (sulfide) groups is 1. The normalized spacial score (nSPS) is 11.7. The second-order valence-corrected chi connectivity index (χ2v) is 11.6. The molecule has 4 rings (SSSR count). The minimum atomic E-state index is -3.88. The number of sulfonamides is 1. The van der Waals surface area contributed by atoms with Gasteiger partial charge in [0.1, 0.15) is 5.25 Å². The zero-order valence-corrected chi connectivity index (χ0v) is 23.2. The number of amides is 2. The molecule has 214 valence electrons. The quantitative estimate of drug-likeness (QED) is 0.162. The van der Waals surface area contributed by atoms with Gasteiger partial charge in [0.05, 0.1) is 21.6 Å². The summed E-state index contributed by atoms with van der Waals surface area (Å²) in [5, 5.41) is 28.4. The van der Waals surface area contributed by atoms with Crippen molar-refractivity contribution in [1.82, 2.24) is 0 Å². The molecule has 0 saturated heterocycles. The van der Waals surface area contributed by atoms with Crippen LogP contribution in [0.2, 0.25) is 0 Å². The number of nitrogens with one attached hydrogen (secondary N) is 2. The van der Waals surface area contributed by atoms with Crippen molar-refractivity contribution >= 4 is 56.9 Å². The van der Waals surface area contributed by atoms with E-state index in [4.69, 9.17) is 10.2 Å². The molecule has 0 radical (unpaired) electrons. The van der Waals surface area contributed by atoms with E-state index in [9.17, 15) is 32.7 Å². The van der Waals surface area contributed by atoms with Gasteiger partial charge in [0, 0.05) is 16.3 Å². The van der Waals surface area contributed by atoms with E-state index in [0.29, 0.717) is 21.8 Å². The first-order valence-corrected chi connectivity index (χ1v) is 14.5. The molecule has 0 spiro atoms. The monoisotopic (exact) mass is 605 g/mol.